The van der Waals surface area contributed by atoms with Gasteiger partial charge in [-0.15, -0.1) is 0 Å². The minimum Gasteiger partial charge on any atom is -0.462 e. The quantitative estimate of drug-likeness (QED) is 0.0171. The molecule has 0 bridgehead atoms. The van der Waals surface area contributed by atoms with Gasteiger partial charge in [-0.05, 0) is 51.4 Å². The highest BCUT2D eigenvalue weighted by Crippen LogP contribution is 2.27. The van der Waals surface area contributed by atoms with Crippen LogP contribution in [-0.4, -0.2) is 142 Å². The standard InChI is InChI=1S/C61H106O15/c1-3-5-7-9-11-13-15-17-19-21-23-24-26-27-29-31-33-35-37-39-41-43-52(63)71-46-49(74-53(64)44-42-40-38-36-34-32-30-28-25-22-20-18-16-14-12-10-8-6-4-2)47-72-60-59(70)57(68)55(66)51(76-60)48-73-61-58(69)56(67)54(65)50(45-62)75-61/h12,14,18,20,25,28,32,34,38,40,49-51,54-62,65-70H,3-11,13,15-17,19,21-24,26-27,29-31,33,35-37,39,41-48H2,1-2H3/b14-12+,20-18+,28-25+,34-32+,40-38+/t49-,50+,51+,54-,55-,56?,57?,58?,59?,60+,61+/m0/s1. The SMILES string of the molecule is CCCCC/C=C/C/C=C/C/C=C/C/C=C/C/C=C/CCC(=O)O[C@@H](COC(=O)CCCCCCCCCCCCCCCCCCCCCCC)CO[C@@H]1O[C@H](CO[C@@H]2O[C@H](CO)[C@H](O)C(O)C2O)[C@H](O)C(O)C1O. The number of carbonyl (C=O) groups is 2. The Bertz CT molecular complexity index is 1550. The number of hydrogen-bond acceptors (Lipinski definition) is 15. The number of hydrogen-bond donors (Lipinski definition) is 7. The first kappa shape index (κ1) is 69.3. The van der Waals surface area contributed by atoms with Gasteiger partial charge in [-0.3, -0.25) is 9.59 Å². The van der Waals surface area contributed by atoms with Crippen molar-refractivity contribution in [3.8, 4) is 0 Å². The molecular formula is C61H106O15. The summed E-state index contributed by atoms with van der Waals surface area (Å²) in [6.45, 7) is 2.52. The van der Waals surface area contributed by atoms with E-state index in [2.05, 4.69) is 62.5 Å². The molecule has 0 radical (unpaired) electrons. The molecule has 0 aromatic rings. The van der Waals surface area contributed by atoms with Gasteiger partial charge in [0.05, 0.1) is 19.8 Å². The first-order valence-electron chi connectivity index (χ1n) is 29.9. The normalized spacial score (nSPS) is 24.8. The van der Waals surface area contributed by atoms with E-state index >= 15 is 0 Å². The van der Waals surface area contributed by atoms with E-state index in [0.29, 0.717) is 19.3 Å². The van der Waals surface area contributed by atoms with Crippen molar-refractivity contribution in [2.24, 2.45) is 0 Å². The molecule has 15 nitrogen and oxygen atoms in total. The minimum absolute atomic E-state index is 0.0415. The number of aliphatic hydroxyl groups is 7. The van der Waals surface area contributed by atoms with Crippen molar-refractivity contribution < 1.29 is 73.8 Å². The summed E-state index contributed by atoms with van der Waals surface area (Å²) < 4.78 is 33.6. The summed E-state index contributed by atoms with van der Waals surface area (Å²) in [5.41, 5.74) is 0. The molecule has 76 heavy (non-hydrogen) atoms. The van der Waals surface area contributed by atoms with E-state index in [1.165, 1.54) is 128 Å². The van der Waals surface area contributed by atoms with E-state index < -0.39 is 99.3 Å². The highest BCUT2D eigenvalue weighted by molar-refractivity contribution is 5.70. The van der Waals surface area contributed by atoms with Gasteiger partial charge in [0.15, 0.2) is 18.7 Å². The van der Waals surface area contributed by atoms with Gasteiger partial charge < -0.3 is 64.2 Å². The molecule has 2 fully saturated rings. The van der Waals surface area contributed by atoms with Crippen LogP contribution in [0.25, 0.3) is 0 Å². The fourth-order valence-corrected chi connectivity index (χ4v) is 9.14. The summed E-state index contributed by atoms with van der Waals surface area (Å²) in [6, 6.07) is 0. The van der Waals surface area contributed by atoms with Crippen molar-refractivity contribution in [2.75, 3.05) is 26.4 Å². The van der Waals surface area contributed by atoms with Crippen molar-refractivity contribution in [2.45, 2.75) is 287 Å². The van der Waals surface area contributed by atoms with Gasteiger partial charge in [-0.1, -0.05) is 216 Å². The zero-order chi connectivity index (χ0) is 55.3. The van der Waals surface area contributed by atoms with Gasteiger partial charge in [0.1, 0.15) is 55.4 Å². The molecule has 0 amide bonds. The van der Waals surface area contributed by atoms with Gasteiger partial charge in [-0.2, -0.15) is 0 Å². The van der Waals surface area contributed by atoms with Crippen LogP contribution in [0.5, 0.6) is 0 Å². The number of ether oxygens (including phenoxy) is 6. The molecule has 2 saturated heterocycles. The molecule has 4 unspecified atom stereocenters. The molecule has 7 N–H and O–H groups in total. The molecule has 0 saturated carbocycles. The Kier molecular flexibility index (Phi) is 42.9. The summed E-state index contributed by atoms with van der Waals surface area (Å²) in [7, 11) is 0. The molecule has 2 heterocycles. The van der Waals surface area contributed by atoms with Crippen LogP contribution in [-0.2, 0) is 38.0 Å². The lowest BCUT2D eigenvalue weighted by Gasteiger charge is -2.42. The summed E-state index contributed by atoms with van der Waals surface area (Å²) in [5, 5.41) is 72.3. The maximum Gasteiger partial charge on any atom is 0.306 e. The second-order valence-electron chi connectivity index (χ2n) is 20.8. The number of rotatable bonds is 47. The first-order valence-corrected chi connectivity index (χ1v) is 29.9. The molecule has 2 aliphatic heterocycles. The second-order valence-corrected chi connectivity index (χ2v) is 20.8. The Labute approximate surface area is 458 Å². The highest BCUT2D eigenvalue weighted by Gasteiger charge is 2.47. The van der Waals surface area contributed by atoms with E-state index in [0.717, 1.165) is 44.9 Å². The van der Waals surface area contributed by atoms with E-state index in [9.17, 15) is 45.3 Å². The number of unbranched alkanes of at least 4 members (excludes halogenated alkanes) is 23. The van der Waals surface area contributed by atoms with Gasteiger partial charge in [0.25, 0.3) is 0 Å². The van der Waals surface area contributed by atoms with E-state index in [4.69, 9.17) is 28.4 Å². The van der Waals surface area contributed by atoms with Crippen molar-refractivity contribution in [1.82, 2.24) is 0 Å². The van der Waals surface area contributed by atoms with Crippen LogP contribution in [0.1, 0.15) is 219 Å². The van der Waals surface area contributed by atoms with Crippen molar-refractivity contribution >= 4 is 11.9 Å². The lowest BCUT2D eigenvalue weighted by molar-refractivity contribution is -0.332. The predicted molar refractivity (Wildman–Crippen MR) is 298 cm³/mol. The Morgan fingerprint density at radius 1 is 0.421 bits per heavy atom. The summed E-state index contributed by atoms with van der Waals surface area (Å²) in [5.74, 6) is -1.01. The average Bonchev–Trinajstić information content (AvgIpc) is 3.41. The zero-order valence-corrected chi connectivity index (χ0v) is 47.0. The summed E-state index contributed by atoms with van der Waals surface area (Å²) >= 11 is 0. The van der Waals surface area contributed by atoms with Crippen LogP contribution in [0.15, 0.2) is 60.8 Å². The zero-order valence-electron chi connectivity index (χ0n) is 47.0. The van der Waals surface area contributed by atoms with Crippen molar-refractivity contribution in [1.29, 1.82) is 0 Å². The monoisotopic (exact) mass is 1080 g/mol. The largest absolute Gasteiger partial charge is 0.462 e. The van der Waals surface area contributed by atoms with E-state index in [-0.39, 0.29) is 19.4 Å². The molecular weight excluding hydrogens is 973 g/mol. The smallest absolute Gasteiger partial charge is 0.306 e. The van der Waals surface area contributed by atoms with Gasteiger partial charge >= 0.3 is 11.9 Å². The molecule has 11 atom stereocenters. The molecule has 0 aromatic carbocycles. The minimum atomic E-state index is -1.78. The third-order valence-electron chi connectivity index (χ3n) is 14.0. The molecule has 15 heteroatoms. The van der Waals surface area contributed by atoms with Crippen LogP contribution < -0.4 is 0 Å². The van der Waals surface area contributed by atoms with E-state index in [1.807, 2.05) is 12.2 Å². The Hall–Kier alpha value is -2.80. The third kappa shape index (κ3) is 33.6. The summed E-state index contributed by atoms with van der Waals surface area (Å²) in [6.07, 6.45) is 39.7. The molecule has 2 aliphatic rings. The lowest BCUT2D eigenvalue weighted by atomic mass is 9.98. The van der Waals surface area contributed by atoms with Crippen molar-refractivity contribution in [3.63, 3.8) is 0 Å². The maximum absolute atomic E-state index is 13.0. The Morgan fingerprint density at radius 2 is 0.816 bits per heavy atom. The van der Waals surface area contributed by atoms with Crippen LogP contribution in [0.4, 0.5) is 0 Å². The molecule has 0 aliphatic carbocycles. The predicted octanol–water partition coefficient (Wildman–Crippen LogP) is 10.4. The molecule has 440 valence electrons. The van der Waals surface area contributed by atoms with Crippen LogP contribution in [0, 0.1) is 0 Å². The molecule has 0 aromatic heterocycles. The lowest BCUT2D eigenvalue weighted by Crippen LogP contribution is -2.61. The highest BCUT2D eigenvalue weighted by atomic mass is 16.7. The average molecular weight is 1080 g/mol. The second kappa shape index (κ2) is 47.1. The number of esters is 2. The summed E-state index contributed by atoms with van der Waals surface area (Å²) in [4.78, 5) is 25.9. The Balaban J connectivity index is 1.77. The van der Waals surface area contributed by atoms with Gasteiger partial charge in [-0.25, -0.2) is 0 Å². The fourth-order valence-electron chi connectivity index (χ4n) is 9.14. The van der Waals surface area contributed by atoms with Crippen LogP contribution in [0.3, 0.4) is 0 Å². The number of aliphatic hydroxyl groups excluding tert-OH is 7. The van der Waals surface area contributed by atoms with Crippen molar-refractivity contribution in [3.05, 3.63) is 60.8 Å². The third-order valence-corrected chi connectivity index (χ3v) is 14.0. The Morgan fingerprint density at radius 3 is 1.29 bits per heavy atom. The van der Waals surface area contributed by atoms with Crippen LogP contribution in [0.2, 0.25) is 0 Å². The fraction of sp³-hybridized carbons (Fsp3) is 0.803. The number of allylic oxidation sites excluding steroid dienone is 10. The van der Waals surface area contributed by atoms with Gasteiger partial charge in [0.2, 0.25) is 0 Å². The van der Waals surface area contributed by atoms with Crippen LogP contribution >= 0.6 is 0 Å². The van der Waals surface area contributed by atoms with E-state index in [1.54, 1.807) is 0 Å². The van der Waals surface area contributed by atoms with Gasteiger partial charge in [0, 0.05) is 12.8 Å². The topological polar surface area (TPSA) is 231 Å². The first-order chi connectivity index (χ1) is 37.0. The number of carbonyl (C=O) groups excluding carboxylic acids is 2. The molecule has 2 rings (SSSR count). The maximum atomic E-state index is 13.0. The molecule has 0 spiro atoms.